The van der Waals surface area contributed by atoms with Crippen molar-refractivity contribution in [2.24, 2.45) is 0 Å². The quantitative estimate of drug-likeness (QED) is 0.781. The second-order valence-corrected chi connectivity index (χ2v) is 5.92. The smallest absolute Gasteiger partial charge is 0.426 e. The van der Waals surface area contributed by atoms with Crippen molar-refractivity contribution in [3.8, 4) is 16.9 Å². The first kappa shape index (κ1) is 17.5. The average Bonchev–Trinajstić information content (AvgIpc) is 2.88. The lowest BCUT2D eigenvalue weighted by atomic mass is 10.1. The monoisotopic (exact) mass is 351 g/mol. The Morgan fingerprint density at radius 2 is 1.69 bits per heavy atom. The standard InChI is InChI=1S/C20H21N3O3/c1-4-26-19(24)21-23-15(3)18(16-8-6-5-7-9-16)22(20(23)25)17-12-10-14(2)11-13-17/h5-13H,4H2,1-3H3,(H,21,24). The van der Waals surface area contributed by atoms with Crippen molar-refractivity contribution in [1.82, 2.24) is 9.24 Å². The van der Waals surface area contributed by atoms with Gasteiger partial charge in [-0.15, -0.1) is 0 Å². The number of carbonyl (C=O) groups excluding carboxylic acids is 1. The Bertz CT molecular complexity index is 970. The van der Waals surface area contributed by atoms with Gasteiger partial charge in [-0.05, 0) is 32.9 Å². The molecule has 0 aliphatic carbocycles. The predicted molar refractivity (Wildman–Crippen MR) is 101 cm³/mol. The Hall–Kier alpha value is -3.28. The zero-order chi connectivity index (χ0) is 18.7. The van der Waals surface area contributed by atoms with Gasteiger partial charge in [-0.1, -0.05) is 48.0 Å². The van der Waals surface area contributed by atoms with Crippen LogP contribution in [0.15, 0.2) is 59.4 Å². The van der Waals surface area contributed by atoms with E-state index in [2.05, 4.69) is 5.43 Å². The fraction of sp³-hybridized carbons (Fsp3) is 0.200. The van der Waals surface area contributed by atoms with Gasteiger partial charge in [0.2, 0.25) is 0 Å². The summed E-state index contributed by atoms with van der Waals surface area (Å²) < 4.78 is 7.73. The third-order valence-electron chi connectivity index (χ3n) is 4.10. The highest BCUT2D eigenvalue weighted by atomic mass is 16.6. The zero-order valence-electron chi connectivity index (χ0n) is 15.0. The van der Waals surface area contributed by atoms with E-state index in [9.17, 15) is 9.59 Å². The summed E-state index contributed by atoms with van der Waals surface area (Å²) in [7, 11) is 0. The number of rotatable bonds is 4. The highest BCUT2D eigenvalue weighted by molar-refractivity contribution is 5.76. The van der Waals surface area contributed by atoms with Gasteiger partial charge in [-0.2, -0.15) is 0 Å². The minimum Gasteiger partial charge on any atom is -0.449 e. The minimum atomic E-state index is -0.668. The van der Waals surface area contributed by atoms with E-state index >= 15 is 0 Å². The number of benzene rings is 2. The molecule has 1 heterocycles. The van der Waals surface area contributed by atoms with Crippen LogP contribution in [0.4, 0.5) is 4.79 Å². The Labute approximate surface area is 151 Å². The molecule has 0 spiro atoms. The number of nitrogens with zero attached hydrogens (tertiary/aromatic N) is 2. The van der Waals surface area contributed by atoms with Crippen LogP contribution in [0.3, 0.4) is 0 Å². The molecule has 3 aromatic rings. The first-order valence-electron chi connectivity index (χ1n) is 8.43. The van der Waals surface area contributed by atoms with Crippen molar-refractivity contribution in [3.63, 3.8) is 0 Å². The van der Waals surface area contributed by atoms with E-state index in [1.54, 1.807) is 18.4 Å². The summed E-state index contributed by atoms with van der Waals surface area (Å²) in [6.07, 6.45) is -0.668. The van der Waals surface area contributed by atoms with Gasteiger partial charge in [0.1, 0.15) is 0 Å². The summed E-state index contributed by atoms with van der Waals surface area (Å²) in [5.74, 6) is 0. The van der Waals surface area contributed by atoms with Crippen LogP contribution in [-0.2, 0) is 4.74 Å². The largest absolute Gasteiger partial charge is 0.449 e. The summed E-state index contributed by atoms with van der Waals surface area (Å²) in [6, 6.07) is 17.3. The molecular weight excluding hydrogens is 330 g/mol. The predicted octanol–water partition coefficient (Wildman–Crippen LogP) is 3.62. The molecule has 0 radical (unpaired) electrons. The maximum absolute atomic E-state index is 13.1. The molecule has 0 saturated carbocycles. The number of aryl methyl sites for hydroxylation is 1. The van der Waals surface area contributed by atoms with E-state index in [1.807, 2.05) is 61.5 Å². The van der Waals surface area contributed by atoms with Crippen LogP contribution in [0.5, 0.6) is 0 Å². The SMILES string of the molecule is CCOC(=O)Nn1c(C)c(-c2ccccc2)n(-c2ccc(C)cc2)c1=O. The molecule has 0 aliphatic rings. The van der Waals surface area contributed by atoms with E-state index in [1.165, 1.54) is 4.68 Å². The second-order valence-electron chi connectivity index (χ2n) is 5.92. The van der Waals surface area contributed by atoms with Gasteiger partial charge >= 0.3 is 11.8 Å². The first-order valence-corrected chi connectivity index (χ1v) is 8.43. The highest BCUT2D eigenvalue weighted by Gasteiger charge is 2.21. The molecule has 2 aromatic carbocycles. The van der Waals surface area contributed by atoms with E-state index in [0.29, 0.717) is 5.69 Å². The summed E-state index contributed by atoms with van der Waals surface area (Å²) in [5, 5.41) is 0. The number of carbonyl (C=O) groups is 1. The molecule has 6 heteroatoms. The van der Waals surface area contributed by atoms with Crippen molar-refractivity contribution in [1.29, 1.82) is 0 Å². The number of hydrogen-bond donors (Lipinski definition) is 1. The molecule has 0 fully saturated rings. The van der Waals surface area contributed by atoms with Crippen LogP contribution in [0, 0.1) is 13.8 Å². The number of ether oxygens (including phenoxy) is 1. The molecule has 0 aliphatic heterocycles. The fourth-order valence-electron chi connectivity index (χ4n) is 2.86. The Balaban J connectivity index is 2.22. The van der Waals surface area contributed by atoms with Crippen LogP contribution < -0.4 is 11.1 Å². The van der Waals surface area contributed by atoms with Gasteiger partial charge in [0, 0.05) is 5.56 Å². The van der Waals surface area contributed by atoms with Crippen LogP contribution in [0.25, 0.3) is 16.9 Å². The summed E-state index contributed by atoms with van der Waals surface area (Å²) in [6.45, 7) is 5.72. The van der Waals surface area contributed by atoms with Crippen molar-refractivity contribution in [2.75, 3.05) is 12.0 Å². The van der Waals surface area contributed by atoms with Crippen LogP contribution >= 0.6 is 0 Å². The summed E-state index contributed by atoms with van der Waals surface area (Å²) in [4.78, 5) is 24.9. The topological polar surface area (TPSA) is 65.3 Å². The molecule has 0 atom stereocenters. The van der Waals surface area contributed by atoms with E-state index < -0.39 is 6.09 Å². The van der Waals surface area contributed by atoms with E-state index in [-0.39, 0.29) is 12.3 Å². The second kappa shape index (κ2) is 7.31. The molecule has 134 valence electrons. The molecule has 3 rings (SSSR count). The van der Waals surface area contributed by atoms with Crippen molar-refractivity contribution in [2.45, 2.75) is 20.8 Å². The number of amides is 1. The van der Waals surface area contributed by atoms with Crippen molar-refractivity contribution >= 4 is 6.09 Å². The number of aromatic nitrogens is 2. The van der Waals surface area contributed by atoms with E-state index in [0.717, 1.165) is 22.5 Å². The first-order chi connectivity index (χ1) is 12.5. The zero-order valence-corrected chi connectivity index (χ0v) is 15.0. The lowest BCUT2D eigenvalue weighted by Gasteiger charge is -2.09. The molecule has 1 aromatic heterocycles. The van der Waals surface area contributed by atoms with Crippen LogP contribution in [-0.4, -0.2) is 21.9 Å². The molecule has 0 unspecified atom stereocenters. The van der Waals surface area contributed by atoms with Crippen molar-refractivity contribution < 1.29 is 9.53 Å². The number of hydrogen-bond acceptors (Lipinski definition) is 3. The lowest BCUT2D eigenvalue weighted by Crippen LogP contribution is -2.34. The van der Waals surface area contributed by atoms with Crippen LogP contribution in [0.2, 0.25) is 0 Å². The van der Waals surface area contributed by atoms with Gasteiger partial charge in [0.25, 0.3) is 0 Å². The van der Waals surface area contributed by atoms with Gasteiger partial charge in [0.15, 0.2) is 0 Å². The van der Waals surface area contributed by atoms with Gasteiger partial charge in [0.05, 0.1) is 23.7 Å². The molecule has 0 bridgehead atoms. The summed E-state index contributed by atoms with van der Waals surface area (Å²) >= 11 is 0. The average molecular weight is 351 g/mol. The molecular formula is C20H21N3O3. The number of imidazole rings is 1. The third kappa shape index (κ3) is 3.26. The fourth-order valence-corrected chi connectivity index (χ4v) is 2.86. The van der Waals surface area contributed by atoms with Crippen LogP contribution in [0.1, 0.15) is 18.2 Å². The minimum absolute atomic E-state index is 0.226. The highest BCUT2D eigenvalue weighted by Crippen LogP contribution is 2.25. The van der Waals surface area contributed by atoms with Gasteiger partial charge in [-0.25, -0.2) is 19.7 Å². The third-order valence-corrected chi connectivity index (χ3v) is 4.10. The Morgan fingerprint density at radius 3 is 2.31 bits per heavy atom. The molecule has 6 nitrogen and oxygen atoms in total. The maximum Gasteiger partial charge on any atom is 0.426 e. The molecule has 1 N–H and O–H groups in total. The lowest BCUT2D eigenvalue weighted by molar-refractivity contribution is 0.164. The molecule has 0 saturated heterocycles. The molecule has 26 heavy (non-hydrogen) atoms. The normalized spacial score (nSPS) is 10.6. The Kier molecular flexibility index (Phi) is 4.93. The molecule has 1 amide bonds. The number of nitrogens with one attached hydrogen (secondary N) is 1. The summed E-state index contributed by atoms with van der Waals surface area (Å²) in [5.41, 5.74) is 6.20. The maximum atomic E-state index is 13.1. The van der Waals surface area contributed by atoms with Gasteiger partial charge < -0.3 is 4.74 Å². The van der Waals surface area contributed by atoms with Crippen molar-refractivity contribution in [3.05, 3.63) is 76.3 Å². The van der Waals surface area contributed by atoms with Gasteiger partial charge in [-0.3, -0.25) is 4.57 Å². The Morgan fingerprint density at radius 1 is 1.04 bits per heavy atom. The van der Waals surface area contributed by atoms with E-state index in [4.69, 9.17) is 4.74 Å².